The number of hydrogen-bond donors (Lipinski definition) is 2. The van der Waals surface area contributed by atoms with Gasteiger partial charge in [0.2, 0.25) is 11.9 Å². The van der Waals surface area contributed by atoms with Crippen molar-refractivity contribution in [1.82, 2.24) is 15.3 Å². The second-order valence-corrected chi connectivity index (χ2v) is 12.1. The fourth-order valence-corrected chi connectivity index (χ4v) is 7.97. The predicted octanol–water partition coefficient (Wildman–Crippen LogP) is 5.00. The fraction of sp³-hybridized carbons (Fsp3) is 0.679. The fourth-order valence-electron chi connectivity index (χ4n) is 7.97. The standard InChI is InChI=1S/C28H39N5O/c1-33(2)25-23-5-3-4-6-24(23)31-27(32-25)30-22-9-7-18(8-10-22)17-29-26(34)28-14-19-11-20(15-28)13-21(12-19)16-28/h3-6,18-22H,7-17H2,1-2H3,(H,29,34)(H,30,31,32). The topological polar surface area (TPSA) is 70.2 Å². The van der Waals surface area contributed by atoms with E-state index in [-0.39, 0.29) is 5.41 Å². The first-order valence-corrected chi connectivity index (χ1v) is 13.5. The first-order valence-electron chi connectivity index (χ1n) is 13.5. The molecule has 1 heterocycles. The van der Waals surface area contributed by atoms with Crippen molar-refractivity contribution in [2.45, 2.75) is 70.3 Å². The van der Waals surface area contributed by atoms with Gasteiger partial charge in [0.05, 0.1) is 5.52 Å². The third kappa shape index (κ3) is 4.14. The maximum atomic E-state index is 13.3. The normalized spacial score (nSPS) is 34.2. The summed E-state index contributed by atoms with van der Waals surface area (Å²) in [5, 5.41) is 8.11. The van der Waals surface area contributed by atoms with Gasteiger partial charge in [0.25, 0.3) is 0 Å². The molecule has 4 bridgehead atoms. The van der Waals surface area contributed by atoms with Gasteiger partial charge in [-0.15, -0.1) is 0 Å². The number of nitrogens with zero attached hydrogens (tertiary/aromatic N) is 3. The smallest absolute Gasteiger partial charge is 0.226 e. The third-order valence-corrected chi connectivity index (χ3v) is 9.26. The van der Waals surface area contributed by atoms with E-state index in [2.05, 4.69) is 27.7 Å². The lowest BCUT2D eigenvalue weighted by Gasteiger charge is -2.55. The number of benzene rings is 1. The highest BCUT2D eigenvalue weighted by molar-refractivity contribution is 5.90. The van der Waals surface area contributed by atoms with Gasteiger partial charge in [-0.1, -0.05) is 12.1 Å². The predicted molar refractivity (Wildman–Crippen MR) is 137 cm³/mol. The zero-order chi connectivity index (χ0) is 23.3. The summed E-state index contributed by atoms with van der Waals surface area (Å²) in [6, 6.07) is 8.60. The van der Waals surface area contributed by atoms with E-state index in [1.807, 2.05) is 26.2 Å². The van der Waals surface area contributed by atoms with Crippen LogP contribution in [0.2, 0.25) is 0 Å². The Balaban J connectivity index is 1.03. The van der Waals surface area contributed by atoms with Crippen LogP contribution in [0, 0.1) is 29.1 Å². The van der Waals surface area contributed by atoms with Gasteiger partial charge in [-0.3, -0.25) is 4.79 Å². The molecule has 5 saturated carbocycles. The quantitative estimate of drug-likeness (QED) is 0.634. The van der Waals surface area contributed by atoms with E-state index in [0.717, 1.165) is 91.9 Å². The van der Waals surface area contributed by atoms with E-state index in [1.165, 1.54) is 19.3 Å². The maximum Gasteiger partial charge on any atom is 0.226 e. The monoisotopic (exact) mass is 461 g/mol. The minimum absolute atomic E-state index is 0.0227. The van der Waals surface area contributed by atoms with Gasteiger partial charge in [0, 0.05) is 37.5 Å². The summed E-state index contributed by atoms with van der Waals surface area (Å²) in [7, 11) is 4.06. The number of rotatable bonds is 6. The molecule has 1 amide bonds. The molecule has 2 N–H and O–H groups in total. The van der Waals surface area contributed by atoms with Crippen LogP contribution in [0.4, 0.5) is 11.8 Å². The lowest BCUT2D eigenvalue weighted by Crippen LogP contribution is -2.54. The molecule has 2 aromatic rings. The van der Waals surface area contributed by atoms with Crippen LogP contribution < -0.4 is 15.5 Å². The number of carbonyl (C=O) groups is 1. The number of anilines is 2. The molecule has 182 valence electrons. The van der Waals surface area contributed by atoms with Gasteiger partial charge in [-0.05, 0) is 100 Å². The molecule has 5 aliphatic rings. The Morgan fingerprint density at radius 3 is 2.26 bits per heavy atom. The molecule has 0 unspecified atom stereocenters. The number of amides is 1. The number of nitrogens with one attached hydrogen (secondary N) is 2. The van der Waals surface area contributed by atoms with Crippen LogP contribution in [-0.2, 0) is 4.79 Å². The molecular weight excluding hydrogens is 422 g/mol. The molecule has 7 rings (SSSR count). The van der Waals surface area contributed by atoms with Crippen molar-refractivity contribution in [3.8, 4) is 0 Å². The van der Waals surface area contributed by atoms with Crippen LogP contribution in [0.5, 0.6) is 0 Å². The molecule has 5 aliphatic carbocycles. The van der Waals surface area contributed by atoms with Crippen molar-refractivity contribution in [3.63, 3.8) is 0 Å². The Morgan fingerprint density at radius 1 is 0.971 bits per heavy atom. The Kier molecular flexibility index (Phi) is 5.65. The first-order chi connectivity index (χ1) is 16.5. The van der Waals surface area contributed by atoms with Crippen LogP contribution in [0.1, 0.15) is 64.2 Å². The average Bonchev–Trinajstić information content (AvgIpc) is 2.82. The largest absolute Gasteiger partial charge is 0.362 e. The van der Waals surface area contributed by atoms with Crippen molar-refractivity contribution < 1.29 is 4.79 Å². The van der Waals surface area contributed by atoms with Crippen molar-refractivity contribution in [2.24, 2.45) is 29.1 Å². The molecule has 0 saturated heterocycles. The van der Waals surface area contributed by atoms with Crippen LogP contribution in [-0.4, -0.2) is 42.6 Å². The molecule has 5 fully saturated rings. The van der Waals surface area contributed by atoms with Crippen molar-refractivity contribution in [2.75, 3.05) is 30.9 Å². The van der Waals surface area contributed by atoms with E-state index in [9.17, 15) is 4.79 Å². The van der Waals surface area contributed by atoms with Crippen LogP contribution in [0.25, 0.3) is 10.9 Å². The minimum Gasteiger partial charge on any atom is -0.362 e. The van der Waals surface area contributed by atoms with Crippen molar-refractivity contribution in [1.29, 1.82) is 0 Å². The Hall–Kier alpha value is -2.37. The molecular formula is C28H39N5O. The Morgan fingerprint density at radius 2 is 1.62 bits per heavy atom. The highest BCUT2D eigenvalue weighted by Crippen LogP contribution is 2.60. The van der Waals surface area contributed by atoms with E-state index >= 15 is 0 Å². The zero-order valence-corrected chi connectivity index (χ0v) is 20.7. The summed E-state index contributed by atoms with van der Waals surface area (Å²) >= 11 is 0. The number of carbonyl (C=O) groups excluding carboxylic acids is 1. The SMILES string of the molecule is CN(C)c1nc(NC2CCC(CNC(=O)C34CC5CC(CC(C5)C3)C4)CC2)nc2ccccc12. The molecule has 0 spiro atoms. The minimum atomic E-state index is -0.0227. The molecule has 34 heavy (non-hydrogen) atoms. The summed E-state index contributed by atoms with van der Waals surface area (Å²) in [4.78, 5) is 24.9. The van der Waals surface area contributed by atoms with Gasteiger partial charge >= 0.3 is 0 Å². The molecule has 1 aromatic carbocycles. The number of hydrogen-bond acceptors (Lipinski definition) is 5. The molecule has 0 atom stereocenters. The second kappa shape index (κ2) is 8.69. The molecule has 0 aliphatic heterocycles. The van der Waals surface area contributed by atoms with Crippen LogP contribution in [0.15, 0.2) is 24.3 Å². The highest BCUT2D eigenvalue weighted by atomic mass is 16.2. The zero-order valence-electron chi connectivity index (χ0n) is 20.7. The molecule has 0 radical (unpaired) electrons. The highest BCUT2D eigenvalue weighted by Gasteiger charge is 2.54. The van der Waals surface area contributed by atoms with Gasteiger partial charge in [0.1, 0.15) is 5.82 Å². The number of para-hydroxylation sites is 1. The van der Waals surface area contributed by atoms with Crippen molar-refractivity contribution in [3.05, 3.63) is 24.3 Å². The van der Waals surface area contributed by atoms with Crippen molar-refractivity contribution >= 4 is 28.6 Å². The van der Waals surface area contributed by atoms with E-state index in [1.54, 1.807) is 0 Å². The Labute approximate surface area is 203 Å². The average molecular weight is 462 g/mol. The van der Waals surface area contributed by atoms with Crippen LogP contribution in [0.3, 0.4) is 0 Å². The Bertz CT molecular complexity index is 1020. The summed E-state index contributed by atoms with van der Waals surface area (Å²) in [6.45, 7) is 0.852. The summed E-state index contributed by atoms with van der Waals surface area (Å²) in [5.74, 6) is 5.12. The van der Waals surface area contributed by atoms with Crippen LogP contribution >= 0.6 is 0 Å². The summed E-state index contributed by atoms with van der Waals surface area (Å²) in [5.41, 5.74) is 0.954. The summed E-state index contributed by atoms with van der Waals surface area (Å²) in [6.07, 6.45) is 12.1. The van der Waals surface area contributed by atoms with Gasteiger partial charge < -0.3 is 15.5 Å². The van der Waals surface area contributed by atoms with Gasteiger partial charge in [0.15, 0.2) is 0 Å². The second-order valence-electron chi connectivity index (χ2n) is 12.1. The summed E-state index contributed by atoms with van der Waals surface area (Å²) < 4.78 is 0. The molecule has 6 heteroatoms. The molecule has 6 nitrogen and oxygen atoms in total. The molecule has 1 aromatic heterocycles. The van der Waals surface area contributed by atoms with E-state index < -0.39 is 0 Å². The lowest BCUT2D eigenvalue weighted by atomic mass is 9.49. The maximum absolute atomic E-state index is 13.3. The van der Waals surface area contributed by atoms with Gasteiger partial charge in [-0.25, -0.2) is 4.98 Å². The lowest BCUT2D eigenvalue weighted by molar-refractivity contribution is -0.146. The van der Waals surface area contributed by atoms with Gasteiger partial charge in [-0.2, -0.15) is 4.98 Å². The third-order valence-electron chi connectivity index (χ3n) is 9.26. The number of fused-ring (bicyclic) bond motifs is 1. The van der Waals surface area contributed by atoms with E-state index in [0.29, 0.717) is 17.9 Å². The first kappa shape index (κ1) is 22.1. The number of aromatic nitrogens is 2. The van der Waals surface area contributed by atoms with E-state index in [4.69, 9.17) is 9.97 Å².